The number of urea groups is 1. The molecule has 0 spiro atoms. The number of anilines is 1. The van der Waals surface area contributed by atoms with Crippen molar-refractivity contribution in [2.75, 3.05) is 11.9 Å². The zero-order chi connectivity index (χ0) is 27.8. The average Bonchev–Trinajstić information content (AvgIpc) is 2.91. The average molecular weight is 534 g/mol. The molecule has 9 heteroatoms. The van der Waals surface area contributed by atoms with E-state index >= 15 is 0 Å². The highest BCUT2D eigenvalue weighted by Gasteiger charge is 2.19. The second kappa shape index (κ2) is 12.8. The summed E-state index contributed by atoms with van der Waals surface area (Å²) < 4.78 is 27.2. The van der Waals surface area contributed by atoms with Crippen molar-refractivity contribution in [3.8, 4) is 0 Å². The number of benzene rings is 3. The van der Waals surface area contributed by atoms with Crippen molar-refractivity contribution in [2.45, 2.75) is 38.1 Å². The van der Waals surface area contributed by atoms with Gasteiger partial charge in [-0.15, -0.1) is 0 Å². The summed E-state index contributed by atoms with van der Waals surface area (Å²) in [7, 11) is 0. The van der Waals surface area contributed by atoms with Gasteiger partial charge in [0.15, 0.2) is 0 Å². The molecule has 1 aliphatic rings. The van der Waals surface area contributed by atoms with Crippen LogP contribution in [-0.2, 0) is 4.79 Å². The Balaban J connectivity index is 1.56. The van der Waals surface area contributed by atoms with Crippen molar-refractivity contribution in [2.24, 2.45) is 0 Å². The standard InChI is InChI=1S/C30H29F2N3O4/c31-24-16-25(32)18-26(17-24)34-30(39)35-28(21-8-6-20(7-9-21)19-4-2-1-3-5-19)22-10-12-23(13-11-22)29(38)33-15-14-27(36)37/h4,6-13,16-18,28H,1-3,5,14-15H2,(H,33,38)(H,36,37)(H2,34,35,39). The third kappa shape index (κ3) is 7.73. The molecule has 202 valence electrons. The minimum Gasteiger partial charge on any atom is -0.481 e. The van der Waals surface area contributed by atoms with E-state index in [0.29, 0.717) is 17.2 Å². The Hall–Kier alpha value is -4.53. The van der Waals surface area contributed by atoms with Gasteiger partial charge in [-0.3, -0.25) is 9.59 Å². The molecule has 0 saturated heterocycles. The molecule has 1 aliphatic carbocycles. The highest BCUT2D eigenvalue weighted by atomic mass is 19.1. The molecule has 0 bridgehead atoms. The van der Waals surface area contributed by atoms with E-state index in [1.54, 1.807) is 24.3 Å². The van der Waals surface area contributed by atoms with E-state index in [-0.39, 0.29) is 18.7 Å². The van der Waals surface area contributed by atoms with E-state index in [4.69, 9.17) is 5.11 Å². The van der Waals surface area contributed by atoms with Gasteiger partial charge in [0.2, 0.25) is 0 Å². The molecule has 0 aliphatic heterocycles. The molecule has 4 rings (SSSR count). The molecule has 0 fully saturated rings. The molecule has 1 unspecified atom stereocenters. The number of aliphatic carboxylic acids is 1. The van der Waals surface area contributed by atoms with Crippen molar-refractivity contribution in [3.05, 3.63) is 107 Å². The van der Waals surface area contributed by atoms with Gasteiger partial charge >= 0.3 is 12.0 Å². The van der Waals surface area contributed by atoms with Crippen molar-refractivity contribution in [1.29, 1.82) is 0 Å². The van der Waals surface area contributed by atoms with Gasteiger partial charge in [0.05, 0.1) is 12.5 Å². The highest BCUT2D eigenvalue weighted by Crippen LogP contribution is 2.29. The number of carbonyl (C=O) groups excluding carboxylic acids is 2. The maximum atomic E-state index is 13.6. The third-order valence-electron chi connectivity index (χ3n) is 6.43. The van der Waals surface area contributed by atoms with E-state index in [0.717, 1.165) is 42.5 Å². The molecule has 3 aromatic carbocycles. The van der Waals surface area contributed by atoms with Crippen molar-refractivity contribution in [1.82, 2.24) is 10.6 Å². The summed E-state index contributed by atoms with van der Waals surface area (Å²) in [5, 5.41) is 16.6. The number of carbonyl (C=O) groups is 3. The zero-order valence-electron chi connectivity index (χ0n) is 21.2. The molecule has 0 aromatic heterocycles. The first-order valence-corrected chi connectivity index (χ1v) is 12.7. The number of hydrogen-bond donors (Lipinski definition) is 4. The van der Waals surface area contributed by atoms with Gasteiger partial charge in [-0.1, -0.05) is 42.5 Å². The molecule has 7 nitrogen and oxygen atoms in total. The Morgan fingerprint density at radius 3 is 2.10 bits per heavy atom. The Bertz CT molecular complexity index is 1350. The summed E-state index contributed by atoms with van der Waals surface area (Å²) in [6.07, 6.45) is 6.47. The predicted molar refractivity (Wildman–Crippen MR) is 144 cm³/mol. The smallest absolute Gasteiger partial charge is 0.319 e. The van der Waals surface area contributed by atoms with E-state index in [1.165, 1.54) is 12.0 Å². The molecule has 4 N–H and O–H groups in total. The van der Waals surface area contributed by atoms with Crippen LogP contribution in [-0.4, -0.2) is 29.6 Å². The second-order valence-electron chi connectivity index (χ2n) is 9.31. The fourth-order valence-electron chi connectivity index (χ4n) is 4.49. The van der Waals surface area contributed by atoms with Crippen molar-refractivity contribution < 1.29 is 28.3 Å². The van der Waals surface area contributed by atoms with Gasteiger partial charge in [0.25, 0.3) is 5.91 Å². The third-order valence-corrected chi connectivity index (χ3v) is 6.43. The Labute approximate surface area is 224 Å². The number of carboxylic acid groups (broad SMARTS) is 1. The molecule has 0 heterocycles. The van der Waals surface area contributed by atoms with Gasteiger partial charge in [-0.05, 0) is 72.2 Å². The summed E-state index contributed by atoms with van der Waals surface area (Å²) >= 11 is 0. The van der Waals surface area contributed by atoms with Crippen LogP contribution >= 0.6 is 0 Å². The van der Waals surface area contributed by atoms with Crippen LogP contribution in [0.3, 0.4) is 0 Å². The van der Waals surface area contributed by atoms with Crippen molar-refractivity contribution in [3.63, 3.8) is 0 Å². The molecule has 3 amide bonds. The van der Waals surface area contributed by atoms with Crippen LogP contribution < -0.4 is 16.0 Å². The van der Waals surface area contributed by atoms with E-state index < -0.39 is 35.6 Å². The first-order chi connectivity index (χ1) is 18.8. The van der Waals surface area contributed by atoms with Crippen molar-refractivity contribution >= 4 is 29.2 Å². The molecule has 1 atom stereocenters. The van der Waals surface area contributed by atoms with Crippen LogP contribution in [0.15, 0.2) is 72.8 Å². The summed E-state index contributed by atoms with van der Waals surface area (Å²) in [6.45, 7) is 0.00370. The minimum absolute atomic E-state index is 0.00370. The lowest BCUT2D eigenvalue weighted by Gasteiger charge is -2.21. The number of allylic oxidation sites excluding steroid dienone is 2. The topological polar surface area (TPSA) is 108 Å². The monoisotopic (exact) mass is 533 g/mol. The van der Waals surface area contributed by atoms with Gasteiger partial charge in [-0.2, -0.15) is 0 Å². The Kier molecular flexibility index (Phi) is 9.04. The maximum absolute atomic E-state index is 13.6. The fourth-order valence-corrected chi connectivity index (χ4v) is 4.49. The van der Waals surface area contributed by atoms with Crippen LogP contribution in [0.25, 0.3) is 5.57 Å². The van der Waals surface area contributed by atoms with Gasteiger partial charge < -0.3 is 21.1 Å². The number of amides is 3. The Morgan fingerprint density at radius 1 is 0.872 bits per heavy atom. The number of halogens is 2. The highest BCUT2D eigenvalue weighted by molar-refractivity contribution is 5.94. The minimum atomic E-state index is -1.01. The lowest BCUT2D eigenvalue weighted by Crippen LogP contribution is -2.33. The van der Waals surface area contributed by atoms with Gasteiger partial charge in [0, 0.05) is 23.9 Å². The Morgan fingerprint density at radius 2 is 1.51 bits per heavy atom. The second-order valence-corrected chi connectivity index (χ2v) is 9.31. The molecular weight excluding hydrogens is 504 g/mol. The summed E-state index contributed by atoms with van der Waals surface area (Å²) in [5.74, 6) is -3.05. The van der Waals surface area contributed by atoms with Crippen LogP contribution in [0.5, 0.6) is 0 Å². The SMILES string of the molecule is O=C(O)CCNC(=O)c1ccc(C(NC(=O)Nc2cc(F)cc(F)c2)c2ccc(C3=CCCCC3)cc2)cc1. The zero-order valence-corrected chi connectivity index (χ0v) is 21.2. The normalized spacial score (nSPS) is 13.6. The van der Waals surface area contributed by atoms with Crippen LogP contribution in [0, 0.1) is 11.6 Å². The molecule has 3 aromatic rings. The lowest BCUT2D eigenvalue weighted by molar-refractivity contribution is -0.136. The largest absolute Gasteiger partial charge is 0.481 e. The van der Waals surface area contributed by atoms with E-state index in [9.17, 15) is 23.2 Å². The molecule has 0 radical (unpaired) electrons. The summed E-state index contributed by atoms with van der Waals surface area (Å²) in [5.41, 5.74) is 4.15. The van der Waals surface area contributed by atoms with Gasteiger partial charge in [0.1, 0.15) is 11.6 Å². The summed E-state index contributed by atoms with van der Waals surface area (Å²) in [6, 6.07) is 15.8. The molecule has 39 heavy (non-hydrogen) atoms. The number of carboxylic acids is 1. The van der Waals surface area contributed by atoms with Crippen LogP contribution in [0.2, 0.25) is 0 Å². The van der Waals surface area contributed by atoms with E-state index in [2.05, 4.69) is 22.0 Å². The predicted octanol–water partition coefficient (Wildman–Crippen LogP) is 6.04. The number of rotatable bonds is 9. The first kappa shape index (κ1) is 27.5. The maximum Gasteiger partial charge on any atom is 0.319 e. The van der Waals surface area contributed by atoms with Crippen LogP contribution in [0.1, 0.15) is 65.2 Å². The number of nitrogens with one attached hydrogen (secondary N) is 3. The molecule has 0 saturated carbocycles. The lowest BCUT2D eigenvalue weighted by atomic mass is 9.91. The van der Waals surface area contributed by atoms with Gasteiger partial charge in [-0.25, -0.2) is 13.6 Å². The number of hydrogen-bond acceptors (Lipinski definition) is 3. The quantitative estimate of drug-likeness (QED) is 0.269. The first-order valence-electron chi connectivity index (χ1n) is 12.7. The molecular formula is C30H29F2N3O4. The van der Waals surface area contributed by atoms with Crippen LogP contribution in [0.4, 0.5) is 19.3 Å². The van der Waals surface area contributed by atoms with E-state index in [1.807, 2.05) is 24.3 Å². The fraction of sp³-hybridized carbons (Fsp3) is 0.233. The summed E-state index contributed by atoms with van der Waals surface area (Å²) in [4.78, 5) is 35.9.